The number of hydrogen-bond acceptors (Lipinski definition) is 4. The number of thiophene rings is 1. The molecule has 1 aromatic heterocycles. The van der Waals surface area contributed by atoms with Gasteiger partial charge in [-0.3, -0.25) is 14.9 Å². The van der Waals surface area contributed by atoms with Gasteiger partial charge in [0.2, 0.25) is 5.91 Å². The Kier molecular flexibility index (Phi) is 7.34. The van der Waals surface area contributed by atoms with Crippen molar-refractivity contribution in [2.45, 2.75) is 32.1 Å². The van der Waals surface area contributed by atoms with Gasteiger partial charge in [-0.2, -0.15) is 11.3 Å². The zero-order valence-electron chi connectivity index (χ0n) is 11.1. The highest BCUT2D eigenvalue weighted by atomic mass is 32.1. The van der Waals surface area contributed by atoms with Crippen molar-refractivity contribution in [3.05, 3.63) is 22.4 Å². The molecule has 3 amide bonds. The van der Waals surface area contributed by atoms with Crippen LogP contribution in [0.4, 0.5) is 4.79 Å². The van der Waals surface area contributed by atoms with Crippen LogP contribution >= 0.6 is 11.3 Å². The molecule has 0 saturated heterocycles. The lowest BCUT2D eigenvalue weighted by atomic mass is 10.2. The standard InChI is InChI=1S/C13H18N2O4S/c16-11(3-1-2-4-12(17)18)15-13(19)14-7-5-10-6-8-20-9-10/h6,8-9H,1-5,7H2,(H,17,18)(H2,14,15,16,19). The highest BCUT2D eigenvalue weighted by Gasteiger charge is 2.07. The van der Waals surface area contributed by atoms with Crippen molar-refractivity contribution >= 4 is 29.2 Å². The molecule has 0 aromatic carbocycles. The highest BCUT2D eigenvalue weighted by Crippen LogP contribution is 2.05. The van der Waals surface area contributed by atoms with Gasteiger partial charge in [-0.05, 0) is 41.7 Å². The minimum absolute atomic E-state index is 0.0418. The number of urea groups is 1. The third-order valence-corrected chi connectivity index (χ3v) is 3.31. The van der Waals surface area contributed by atoms with Crippen molar-refractivity contribution in [2.24, 2.45) is 0 Å². The Bertz CT molecular complexity index is 445. The van der Waals surface area contributed by atoms with E-state index in [9.17, 15) is 14.4 Å². The summed E-state index contributed by atoms with van der Waals surface area (Å²) in [6, 6.07) is 1.47. The van der Waals surface area contributed by atoms with Gasteiger partial charge in [0, 0.05) is 19.4 Å². The first kappa shape index (κ1) is 16.2. The van der Waals surface area contributed by atoms with E-state index < -0.39 is 12.0 Å². The van der Waals surface area contributed by atoms with Gasteiger partial charge >= 0.3 is 12.0 Å². The number of carbonyl (C=O) groups is 3. The summed E-state index contributed by atoms with van der Waals surface area (Å²) in [5.41, 5.74) is 1.15. The van der Waals surface area contributed by atoms with E-state index in [4.69, 9.17) is 5.11 Å². The Morgan fingerprint density at radius 2 is 1.95 bits per heavy atom. The molecule has 0 aliphatic heterocycles. The minimum atomic E-state index is -0.878. The third-order valence-electron chi connectivity index (χ3n) is 2.58. The van der Waals surface area contributed by atoms with Crippen molar-refractivity contribution in [3.63, 3.8) is 0 Å². The Hall–Kier alpha value is -1.89. The van der Waals surface area contributed by atoms with E-state index in [0.29, 0.717) is 19.4 Å². The molecule has 0 aliphatic rings. The fourth-order valence-corrected chi connectivity index (χ4v) is 2.25. The Balaban J connectivity index is 2.05. The van der Waals surface area contributed by atoms with Gasteiger partial charge in [0.05, 0.1) is 0 Å². The van der Waals surface area contributed by atoms with Crippen LogP contribution in [0.5, 0.6) is 0 Å². The summed E-state index contributed by atoms with van der Waals surface area (Å²) in [4.78, 5) is 33.0. The lowest BCUT2D eigenvalue weighted by Gasteiger charge is -2.06. The fourth-order valence-electron chi connectivity index (χ4n) is 1.55. The molecule has 7 heteroatoms. The second kappa shape index (κ2) is 9.08. The lowest BCUT2D eigenvalue weighted by molar-refractivity contribution is -0.137. The SMILES string of the molecule is O=C(O)CCCCC(=O)NC(=O)NCCc1ccsc1. The van der Waals surface area contributed by atoms with Crippen molar-refractivity contribution in [1.29, 1.82) is 0 Å². The summed E-state index contributed by atoms with van der Waals surface area (Å²) >= 11 is 1.60. The molecule has 0 fully saturated rings. The van der Waals surface area contributed by atoms with Crippen LogP contribution in [-0.4, -0.2) is 29.6 Å². The molecule has 3 N–H and O–H groups in total. The van der Waals surface area contributed by atoms with E-state index in [0.717, 1.165) is 12.0 Å². The molecule has 0 aliphatic carbocycles. The van der Waals surface area contributed by atoms with Crippen LogP contribution in [0.1, 0.15) is 31.2 Å². The molecule has 0 saturated carbocycles. The minimum Gasteiger partial charge on any atom is -0.481 e. The molecular weight excluding hydrogens is 280 g/mol. The first-order valence-corrected chi connectivity index (χ1v) is 7.33. The Morgan fingerprint density at radius 3 is 2.60 bits per heavy atom. The second-order valence-corrected chi connectivity index (χ2v) is 5.07. The van der Waals surface area contributed by atoms with Gasteiger partial charge in [-0.1, -0.05) is 0 Å². The van der Waals surface area contributed by atoms with Crippen LogP contribution in [0.2, 0.25) is 0 Å². The van der Waals surface area contributed by atoms with E-state index in [2.05, 4.69) is 10.6 Å². The first-order chi connectivity index (χ1) is 9.58. The monoisotopic (exact) mass is 298 g/mol. The normalized spacial score (nSPS) is 10.0. The number of aliphatic carboxylic acids is 1. The predicted octanol–water partition coefficient (Wildman–Crippen LogP) is 1.76. The van der Waals surface area contributed by atoms with E-state index >= 15 is 0 Å². The van der Waals surface area contributed by atoms with Crippen LogP contribution in [0.15, 0.2) is 16.8 Å². The zero-order valence-corrected chi connectivity index (χ0v) is 11.9. The van der Waals surface area contributed by atoms with E-state index in [1.165, 1.54) is 0 Å². The second-order valence-electron chi connectivity index (χ2n) is 4.29. The highest BCUT2D eigenvalue weighted by molar-refractivity contribution is 7.07. The summed E-state index contributed by atoms with van der Waals surface area (Å²) in [7, 11) is 0. The maximum absolute atomic E-state index is 11.4. The molecule has 1 heterocycles. The van der Waals surface area contributed by atoms with Crippen molar-refractivity contribution < 1.29 is 19.5 Å². The maximum atomic E-state index is 11.4. The smallest absolute Gasteiger partial charge is 0.321 e. The topological polar surface area (TPSA) is 95.5 Å². The van der Waals surface area contributed by atoms with Crippen molar-refractivity contribution in [1.82, 2.24) is 10.6 Å². The average molecular weight is 298 g/mol. The van der Waals surface area contributed by atoms with Crippen molar-refractivity contribution in [2.75, 3.05) is 6.54 Å². The third kappa shape index (κ3) is 7.52. The molecule has 1 aromatic rings. The number of nitrogens with one attached hydrogen (secondary N) is 2. The molecule has 110 valence electrons. The number of carboxylic acids is 1. The van der Waals surface area contributed by atoms with Crippen LogP contribution in [0, 0.1) is 0 Å². The molecule has 0 radical (unpaired) electrons. The number of rotatable bonds is 8. The zero-order chi connectivity index (χ0) is 14.8. The van der Waals surface area contributed by atoms with E-state index in [-0.39, 0.29) is 18.7 Å². The summed E-state index contributed by atoms with van der Waals surface area (Å²) in [5, 5.41) is 17.2. The predicted molar refractivity (Wildman–Crippen MR) is 75.7 cm³/mol. The first-order valence-electron chi connectivity index (χ1n) is 6.38. The molecule has 0 unspecified atom stereocenters. The number of carbonyl (C=O) groups excluding carboxylic acids is 2. The summed E-state index contributed by atoms with van der Waals surface area (Å²) in [5.74, 6) is -1.26. The largest absolute Gasteiger partial charge is 0.481 e. The van der Waals surface area contributed by atoms with Gasteiger partial charge in [0.1, 0.15) is 0 Å². The molecular formula is C13H18N2O4S. The maximum Gasteiger partial charge on any atom is 0.321 e. The molecule has 0 atom stereocenters. The average Bonchev–Trinajstić information content (AvgIpc) is 2.87. The van der Waals surface area contributed by atoms with Gasteiger partial charge in [0.25, 0.3) is 0 Å². The summed E-state index contributed by atoms with van der Waals surface area (Å²) in [6.07, 6.45) is 1.82. The Labute approximate surface area is 121 Å². The van der Waals surface area contributed by atoms with Crippen LogP contribution in [0.25, 0.3) is 0 Å². The summed E-state index contributed by atoms with van der Waals surface area (Å²) in [6.45, 7) is 0.467. The number of hydrogen-bond donors (Lipinski definition) is 3. The lowest BCUT2D eigenvalue weighted by Crippen LogP contribution is -2.40. The number of imide groups is 1. The van der Waals surface area contributed by atoms with Gasteiger partial charge < -0.3 is 10.4 Å². The van der Waals surface area contributed by atoms with Crippen LogP contribution < -0.4 is 10.6 Å². The fraction of sp³-hybridized carbons (Fsp3) is 0.462. The molecule has 20 heavy (non-hydrogen) atoms. The number of unbranched alkanes of at least 4 members (excludes halogenated alkanes) is 1. The van der Waals surface area contributed by atoms with Gasteiger partial charge in [-0.25, -0.2) is 4.79 Å². The summed E-state index contributed by atoms with van der Waals surface area (Å²) < 4.78 is 0. The van der Waals surface area contributed by atoms with Crippen molar-refractivity contribution in [3.8, 4) is 0 Å². The number of carboxylic acid groups (broad SMARTS) is 1. The molecule has 0 bridgehead atoms. The van der Waals surface area contributed by atoms with Crippen LogP contribution in [-0.2, 0) is 16.0 Å². The van der Waals surface area contributed by atoms with Gasteiger partial charge in [0.15, 0.2) is 0 Å². The van der Waals surface area contributed by atoms with E-state index in [1.54, 1.807) is 11.3 Å². The molecule has 6 nitrogen and oxygen atoms in total. The Morgan fingerprint density at radius 1 is 1.20 bits per heavy atom. The quantitative estimate of drug-likeness (QED) is 0.637. The van der Waals surface area contributed by atoms with Gasteiger partial charge in [-0.15, -0.1) is 0 Å². The van der Waals surface area contributed by atoms with E-state index in [1.807, 2.05) is 16.8 Å². The molecule has 1 rings (SSSR count). The molecule has 0 spiro atoms. The van der Waals surface area contributed by atoms with Crippen LogP contribution in [0.3, 0.4) is 0 Å². The number of amides is 3.